The van der Waals surface area contributed by atoms with Gasteiger partial charge in [-0.25, -0.2) is 9.18 Å². The topological polar surface area (TPSA) is 46.5 Å². The van der Waals surface area contributed by atoms with Crippen molar-refractivity contribution >= 4 is 5.97 Å². The Kier molecular flexibility index (Phi) is 2.23. The van der Waals surface area contributed by atoms with Crippen LogP contribution in [0, 0.1) is 0 Å². The molecule has 2 atom stereocenters. The number of hydrogen-bond acceptors (Lipinski definition) is 2. The van der Waals surface area contributed by atoms with Gasteiger partial charge in [0.2, 0.25) is 0 Å². The van der Waals surface area contributed by atoms with Crippen molar-refractivity contribution in [3.05, 3.63) is 0 Å². The molecule has 0 aromatic rings. The fourth-order valence-corrected chi connectivity index (χ4v) is 1.04. The Balaban J connectivity index is 2.72. The number of aliphatic carboxylic acids is 1. The minimum Gasteiger partial charge on any atom is -0.479 e. The van der Waals surface area contributed by atoms with E-state index in [0.717, 1.165) is 0 Å². The van der Waals surface area contributed by atoms with E-state index in [2.05, 4.69) is 4.74 Å². The number of halogens is 4. The summed E-state index contributed by atoms with van der Waals surface area (Å²) >= 11 is 0. The quantitative estimate of drug-likeness (QED) is 0.655. The Hall–Kier alpha value is -0.850. The molecule has 7 heteroatoms. The highest BCUT2D eigenvalue weighted by Crippen LogP contribution is 2.44. The van der Waals surface area contributed by atoms with Crippen molar-refractivity contribution in [1.82, 2.24) is 0 Å². The van der Waals surface area contributed by atoms with Crippen LogP contribution < -0.4 is 0 Å². The predicted octanol–water partition coefficient (Wildman–Crippen LogP) is 1.48. The Morgan fingerprint density at radius 1 is 1.54 bits per heavy atom. The first kappa shape index (κ1) is 10.2. The summed E-state index contributed by atoms with van der Waals surface area (Å²) in [6.07, 6.45) is -8.30. The van der Waals surface area contributed by atoms with Gasteiger partial charge in [-0.1, -0.05) is 0 Å². The predicted molar refractivity (Wildman–Crippen MR) is 31.6 cm³/mol. The zero-order valence-electron chi connectivity index (χ0n) is 6.27. The van der Waals surface area contributed by atoms with Crippen molar-refractivity contribution in [3.8, 4) is 0 Å². The van der Waals surface area contributed by atoms with Crippen molar-refractivity contribution in [2.45, 2.75) is 31.0 Å². The SMILES string of the molecule is O=C(O)C1CCC(F)(C(F)(F)F)O1. The maximum absolute atomic E-state index is 12.8. The van der Waals surface area contributed by atoms with Gasteiger partial charge in [0, 0.05) is 6.42 Å². The fourth-order valence-electron chi connectivity index (χ4n) is 1.04. The second kappa shape index (κ2) is 2.83. The molecule has 0 radical (unpaired) electrons. The molecule has 3 nitrogen and oxygen atoms in total. The second-order valence-corrected chi connectivity index (χ2v) is 2.71. The summed E-state index contributed by atoms with van der Waals surface area (Å²) in [7, 11) is 0. The standard InChI is InChI=1S/C6H6F4O3/c7-5(6(8,9)10)2-1-3(13-5)4(11)12/h3H,1-2H2,(H,11,12). The third-order valence-corrected chi connectivity index (χ3v) is 1.76. The molecule has 0 amide bonds. The molecule has 1 heterocycles. The summed E-state index contributed by atoms with van der Waals surface area (Å²) in [5.41, 5.74) is 0. The Labute approximate surface area is 70.3 Å². The van der Waals surface area contributed by atoms with Gasteiger partial charge in [0.05, 0.1) is 0 Å². The third kappa shape index (κ3) is 1.74. The number of carboxylic acid groups (broad SMARTS) is 1. The van der Waals surface area contributed by atoms with Crippen LogP contribution in [0.25, 0.3) is 0 Å². The second-order valence-electron chi connectivity index (χ2n) is 2.71. The van der Waals surface area contributed by atoms with Crippen LogP contribution in [0.1, 0.15) is 12.8 Å². The number of hydrogen-bond donors (Lipinski definition) is 1. The number of carboxylic acids is 1. The van der Waals surface area contributed by atoms with Crippen LogP contribution in [0.3, 0.4) is 0 Å². The smallest absolute Gasteiger partial charge is 0.448 e. The summed E-state index contributed by atoms with van der Waals surface area (Å²) in [5.74, 6) is -5.38. The maximum atomic E-state index is 12.8. The van der Waals surface area contributed by atoms with Gasteiger partial charge in [-0.15, -0.1) is 0 Å². The zero-order valence-corrected chi connectivity index (χ0v) is 6.27. The lowest BCUT2D eigenvalue weighted by Crippen LogP contribution is -2.41. The van der Waals surface area contributed by atoms with Crippen molar-refractivity contribution in [1.29, 1.82) is 0 Å². The van der Waals surface area contributed by atoms with Crippen molar-refractivity contribution in [2.24, 2.45) is 0 Å². The lowest BCUT2D eigenvalue weighted by Gasteiger charge is -2.22. The van der Waals surface area contributed by atoms with Crippen molar-refractivity contribution in [2.75, 3.05) is 0 Å². The van der Waals surface area contributed by atoms with Crippen LogP contribution in [-0.2, 0) is 9.53 Å². The molecule has 1 fully saturated rings. The Bertz CT molecular complexity index is 226. The van der Waals surface area contributed by atoms with Gasteiger partial charge in [0.15, 0.2) is 6.10 Å². The minimum atomic E-state index is -5.17. The number of alkyl halides is 4. The average Bonchev–Trinajstić information content (AvgIpc) is 2.31. The summed E-state index contributed by atoms with van der Waals surface area (Å²) in [4.78, 5) is 10.2. The lowest BCUT2D eigenvalue weighted by molar-refractivity contribution is -0.323. The summed E-state index contributed by atoms with van der Waals surface area (Å²) < 4.78 is 52.3. The van der Waals surface area contributed by atoms with E-state index in [9.17, 15) is 22.4 Å². The molecular formula is C6H6F4O3. The average molecular weight is 202 g/mol. The highest BCUT2D eigenvalue weighted by Gasteiger charge is 2.62. The zero-order chi connectivity index (χ0) is 10.3. The van der Waals surface area contributed by atoms with Crippen LogP contribution in [0.2, 0.25) is 0 Å². The van der Waals surface area contributed by atoms with E-state index in [-0.39, 0.29) is 0 Å². The van der Waals surface area contributed by atoms with Crippen molar-refractivity contribution in [3.63, 3.8) is 0 Å². The first-order chi connectivity index (χ1) is 5.76. The molecule has 0 aromatic heterocycles. The molecule has 13 heavy (non-hydrogen) atoms. The molecular weight excluding hydrogens is 196 g/mol. The molecule has 0 spiro atoms. The molecule has 1 aliphatic rings. The lowest BCUT2D eigenvalue weighted by atomic mass is 10.1. The van der Waals surface area contributed by atoms with Gasteiger partial charge < -0.3 is 9.84 Å². The summed E-state index contributed by atoms with van der Waals surface area (Å²) in [6.45, 7) is 0. The van der Waals surface area contributed by atoms with Crippen molar-refractivity contribution < 1.29 is 32.2 Å². The van der Waals surface area contributed by atoms with E-state index in [1.165, 1.54) is 0 Å². The van der Waals surface area contributed by atoms with Crippen LogP contribution in [0.5, 0.6) is 0 Å². The van der Waals surface area contributed by atoms with Gasteiger partial charge in [0.25, 0.3) is 0 Å². The van der Waals surface area contributed by atoms with Gasteiger partial charge in [-0.3, -0.25) is 0 Å². The molecule has 0 aliphatic carbocycles. The van der Waals surface area contributed by atoms with Gasteiger partial charge in [-0.05, 0) is 6.42 Å². The molecule has 1 N–H and O–H groups in total. The van der Waals surface area contributed by atoms with Crippen LogP contribution >= 0.6 is 0 Å². The van der Waals surface area contributed by atoms with E-state index in [0.29, 0.717) is 0 Å². The molecule has 76 valence electrons. The van der Waals surface area contributed by atoms with Gasteiger partial charge in [-0.2, -0.15) is 13.2 Å². The highest BCUT2D eigenvalue weighted by molar-refractivity contribution is 5.72. The van der Waals surface area contributed by atoms with E-state index in [1.807, 2.05) is 0 Å². The van der Waals surface area contributed by atoms with E-state index < -0.39 is 36.9 Å². The maximum Gasteiger partial charge on any atom is 0.448 e. The molecule has 2 unspecified atom stereocenters. The monoisotopic (exact) mass is 202 g/mol. The highest BCUT2D eigenvalue weighted by atomic mass is 19.4. The Morgan fingerprint density at radius 3 is 2.31 bits per heavy atom. The molecule has 1 saturated heterocycles. The summed E-state index contributed by atoms with van der Waals surface area (Å²) in [5, 5.41) is 8.25. The molecule has 1 aliphatic heterocycles. The van der Waals surface area contributed by atoms with Crippen LogP contribution in [0.15, 0.2) is 0 Å². The molecule has 0 aromatic carbocycles. The number of carbonyl (C=O) groups is 1. The number of ether oxygens (including phenoxy) is 1. The van der Waals surface area contributed by atoms with E-state index in [4.69, 9.17) is 5.11 Å². The van der Waals surface area contributed by atoms with Gasteiger partial charge in [0.1, 0.15) is 0 Å². The van der Waals surface area contributed by atoms with E-state index in [1.54, 1.807) is 0 Å². The first-order valence-corrected chi connectivity index (χ1v) is 3.42. The largest absolute Gasteiger partial charge is 0.479 e. The first-order valence-electron chi connectivity index (χ1n) is 3.42. The van der Waals surface area contributed by atoms with E-state index >= 15 is 0 Å². The fraction of sp³-hybridized carbons (Fsp3) is 0.833. The number of rotatable bonds is 1. The molecule has 1 rings (SSSR count). The molecule has 0 bridgehead atoms. The third-order valence-electron chi connectivity index (χ3n) is 1.76. The Morgan fingerprint density at radius 2 is 2.08 bits per heavy atom. The van der Waals surface area contributed by atoms with Crippen LogP contribution in [0.4, 0.5) is 17.6 Å². The normalized spacial score (nSPS) is 34.9. The van der Waals surface area contributed by atoms with Gasteiger partial charge >= 0.3 is 18.0 Å². The summed E-state index contributed by atoms with van der Waals surface area (Å²) in [6, 6.07) is 0. The molecule has 0 saturated carbocycles. The van der Waals surface area contributed by atoms with Crippen LogP contribution in [-0.4, -0.2) is 29.2 Å². The minimum absolute atomic E-state index is 0.467.